The zero-order valence-corrected chi connectivity index (χ0v) is 19.9. The Morgan fingerprint density at radius 2 is 1.89 bits per heavy atom. The molecule has 3 heterocycles. The quantitative estimate of drug-likeness (QED) is 0.606. The fraction of sp³-hybridized carbons (Fsp3) is 0.393. The van der Waals surface area contributed by atoms with Gasteiger partial charge < -0.3 is 19.2 Å². The SMILES string of the molecule is CCN1C(=O)[C@@](O)([C@H]2OC(=NC3CCCCC3)c3oc4ccc(C)cc4c(=O)c32)c2ccccc21. The number of carbonyl (C=O) groups excluding carboxylic acids is 1. The lowest BCUT2D eigenvalue weighted by atomic mass is 9.85. The highest BCUT2D eigenvalue weighted by Gasteiger charge is 2.60. The van der Waals surface area contributed by atoms with Gasteiger partial charge in [0.2, 0.25) is 11.0 Å². The molecule has 0 radical (unpaired) electrons. The van der Waals surface area contributed by atoms with Crippen molar-refractivity contribution in [2.75, 3.05) is 11.4 Å². The lowest BCUT2D eigenvalue weighted by Gasteiger charge is -2.28. The molecular weight excluding hydrogens is 444 g/mol. The van der Waals surface area contributed by atoms with E-state index in [1.54, 1.807) is 30.3 Å². The van der Waals surface area contributed by atoms with Gasteiger partial charge in [-0.25, -0.2) is 4.99 Å². The van der Waals surface area contributed by atoms with Crippen molar-refractivity contribution >= 4 is 28.5 Å². The maximum absolute atomic E-state index is 13.9. The number of aliphatic imine (C=N–C) groups is 1. The number of likely N-dealkylation sites (N-methyl/N-ethyl adjacent to an activating group) is 1. The van der Waals surface area contributed by atoms with Crippen LogP contribution in [0.5, 0.6) is 0 Å². The first kappa shape index (κ1) is 22.0. The summed E-state index contributed by atoms with van der Waals surface area (Å²) in [6.07, 6.45) is 3.95. The number of carbonyl (C=O) groups is 1. The van der Waals surface area contributed by atoms with Crippen LogP contribution in [0.3, 0.4) is 0 Å². The average molecular weight is 473 g/mol. The monoisotopic (exact) mass is 472 g/mol. The van der Waals surface area contributed by atoms with E-state index in [0.717, 1.165) is 31.2 Å². The minimum absolute atomic E-state index is 0.0534. The number of aliphatic hydroxyl groups is 1. The molecule has 7 heteroatoms. The number of rotatable bonds is 3. The number of hydrogen-bond acceptors (Lipinski definition) is 6. The van der Waals surface area contributed by atoms with E-state index in [9.17, 15) is 14.7 Å². The van der Waals surface area contributed by atoms with Crippen molar-refractivity contribution in [1.29, 1.82) is 0 Å². The number of aryl methyl sites for hydroxylation is 1. The number of fused-ring (bicyclic) bond motifs is 3. The molecule has 180 valence electrons. The molecule has 1 aromatic heterocycles. The van der Waals surface area contributed by atoms with Crippen molar-refractivity contribution in [2.45, 2.75) is 63.7 Å². The molecule has 0 saturated heterocycles. The van der Waals surface area contributed by atoms with E-state index in [1.807, 2.05) is 26.0 Å². The molecule has 2 aromatic carbocycles. The number of ether oxygens (including phenoxy) is 1. The highest BCUT2D eigenvalue weighted by Crippen LogP contribution is 2.51. The van der Waals surface area contributed by atoms with E-state index in [2.05, 4.69) is 0 Å². The summed E-state index contributed by atoms with van der Waals surface area (Å²) in [4.78, 5) is 33.9. The second-order valence-electron chi connectivity index (χ2n) is 9.73. The zero-order valence-electron chi connectivity index (χ0n) is 19.9. The molecule has 7 nitrogen and oxygen atoms in total. The molecule has 1 saturated carbocycles. The van der Waals surface area contributed by atoms with Crippen LogP contribution < -0.4 is 10.3 Å². The molecule has 3 aliphatic rings. The lowest BCUT2D eigenvalue weighted by Crippen LogP contribution is -2.45. The minimum atomic E-state index is -2.07. The van der Waals surface area contributed by atoms with Gasteiger partial charge in [0.15, 0.2) is 11.9 Å². The van der Waals surface area contributed by atoms with E-state index in [-0.39, 0.29) is 28.7 Å². The maximum Gasteiger partial charge on any atom is 0.268 e. The Labute approximate surface area is 203 Å². The number of amides is 1. The second-order valence-corrected chi connectivity index (χ2v) is 9.73. The summed E-state index contributed by atoms with van der Waals surface area (Å²) in [6.45, 7) is 4.14. The van der Waals surface area contributed by atoms with Gasteiger partial charge in [-0.15, -0.1) is 0 Å². The molecule has 1 amide bonds. The van der Waals surface area contributed by atoms with Crippen LogP contribution in [0.4, 0.5) is 5.69 Å². The molecule has 0 bridgehead atoms. The van der Waals surface area contributed by atoms with Crippen molar-refractivity contribution in [2.24, 2.45) is 4.99 Å². The van der Waals surface area contributed by atoms with Crippen molar-refractivity contribution in [3.05, 3.63) is 75.1 Å². The molecule has 0 spiro atoms. The van der Waals surface area contributed by atoms with Gasteiger partial charge in [-0.3, -0.25) is 9.59 Å². The molecule has 2 aliphatic heterocycles. The molecule has 1 N–H and O–H groups in total. The van der Waals surface area contributed by atoms with E-state index in [1.165, 1.54) is 11.3 Å². The Hall–Kier alpha value is -3.45. The summed E-state index contributed by atoms with van der Waals surface area (Å²) < 4.78 is 12.5. The first-order chi connectivity index (χ1) is 16.9. The predicted octanol–water partition coefficient (Wildman–Crippen LogP) is 4.51. The molecule has 6 rings (SSSR count). The Balaban J connectivity index is 1.59. The van der Waals surface area contributed by atoms with E-state index < -0.39 is 17.6 Å². The van der Waals surface area contributed by atoms with Crippen LogP contribution in [0, 0.1) is 6.92 Å². The smallest absolute Gasteiger partial charge is 0.268 e. The molecule has 1 fully saturated rings. The van der Waals surface area contributed by atoms with Crippen LogP contribution in [0.15, 0.2) is 56.7 Å². The van der Waals surface area contributed by atoms with Gasteiger partial charge in [-0.05, 0) is 44.9 Å². The average Bonchev–Trinajstić information content (AvgIpc) is 3.34. The van der Waals surface area contributed by atoms with Crippen molar-refractivity contribution in [1.82, 2.24) is 0 Å². The molecule has 3 aromatic rings. The van der Waals surface area contributed by atoms with E-state index in [4.69, 9.17) is 14.1 Å². The van der Waals surface area contributed by atoms with E-state index >= 15 is 0 Å². The van der Waals surface area contributed by atoms with E-state index in [0.29, 0.717) is 28.8 Å². The fourth-order valence-corrected chi connectivity index (χ4v) is 5.73. The third kappa shape index (κ3) is 3.18. The molecule has 2 atom stereocenters. The first-order valence-electron chi connectivity index (χ1n) is 12.4. The summed E-state index contributed by atoms with van der Waals surface area (Å²) in [6, 6.07) is 12.6. The Morgan fingerprint density at radius 3 is 2.66 bits per heavy atom. The summed E-state index contributed by atoms with van der Waals surface area (Å²) in [5, 5.41) is 12.5. The van der Waals surface area contributed by atoms with Crippen molar-refractivity contribution < 1.29 is 19.1 Å². The van der Waals surface area contributed by atoms with Crippen LogP contribution in [-0.2, 0) is 15.1 Å². The standard InChI is InChI=1S/C28H28N2O5/c1-3-30-20-12-8-7-11-19(20)28(33,27(30)32)25-22-23(31)18-15-16(2)13-14-21(18)34-24(22)26(35-25)29-17-9-5-4-6-10-17/h7-8,11-15,17,25,33H,3-6,9-10H2,1-2H3/t25-,28-/m0/s1. The molecular formula is C28H28N2O5. The predicted molar refractivity (Wildman–Crippen MR) is 133 cm³/mol. The van der Waals surface area contributed by atoms with Gasteiger partial charge in [0, 0.05) is 12.1 Å². The van der Waals surface area contributed by atoms with Crippen LogP contribution in [0.2, 0.25) is 0 Å². The number of para-hydroxylation sites is 1. The van der Waals surface area contributed by atoms with Crippen molar-refractivity contribution in [3.63, 3.8) is 0 Å². The maximum atomic E-state index is 13.9. The highest BCUT2D eigenvalue weighted by molar-refractivity contribution is 6.09. The summed E-state index contributed by atoms with van der Waals surface area (Å²) >= 11 is 0. The Bertz CT molecular complexity index is 1440. The largest absolute Gasteiger partial charge is 0.463 e. The molecule has 35 heavy (non-hydrogen) atoms. The van der Waals surface area contributed by atoms with Gasteiger partial charge in [-0.2, -0.15) is 0 Å². The molecule has 1 aliphatic carbocycles. The summed E-state index contributed by atoms with van der Waals surface area (Å²) in [5.74, 6) is -0.0967. The number of benzene rings is 2. The minimum Gasteiger partial charge on any atom is -0.463 e. The fourth-order valence-electron chi connectivity index (χ4n) is 5.73. The first-order valence-corrected chi connectivity index (χ1v) is 12.4. The molecule has 0 unspecified atom stereocenters. The summed E-state index contributed by atoms with van der Waals surface area (Å²) in [5.41, 5.74) is 0.155. The van der Waals surface area contributed by atoms with Crippen molar-refractivity contribution in [3.8, 4) is 0 Å². The Kier molecular flexibility index (Phi) is 5.07. The number of hydrogen-bond donors (Lipinski definition) is 1. The third-order valence-electron chi connectivity index (χ3n) is 7.51. The lowest BCUT2D eigenvalue weighted by molar-refractivity contribution is -0.148. The third-order valence-corrected chi connectivity index (χ3v) is 7.51. The number of nitrogens with zero attached hydrogens (tertiary/aromatic N) is 2. The van der Waals surface area contributed by atoms with Gasteiger partial charge in [0.05, 0.1) is 22.7 Å². The topological polar surface area (TPSA) is 92.3 Å². The normalized spacial score (nSPS) is 25.2. The van der Waals surface area contributed by atoms with Crippen LogP contribution >= 0.6 is 0 Å². The highest BCUT2D eigenvalue weighted by atomic mass is 16.5. The van der Waals surface area contributed by atoms with Gasteiger partial charge in [0.1, 0.15) is 5.58 Å². The van der Waals surface area contributed by atoms with Gasteiger partial charge in [0.25, 0.3) is 11.8 Å². The Morgan fingerprint density at radius 1 is 1.11 bits per heavy atom. The zero-order chi connectivity index (χ0) is 24.3. The van der Waals surface area contributed by atoms with Gasteiger partial charge >= 0.3 is 0 Å². The van der Waals surface area contributed by atoms with Crippen LogP contribution in [0.25, 0.3) is 11.0 Å². The van der Waals surface area contributed by atoms with Crippen LogP contribution in [0.1, 0.15) is 67.6 Å². The number of anilines is 1. The van der Waals surface area contributed by atoms with Gasteiger partial charge in [-0.1, -0.05) is 49.1 Å². The summed E-state index contributed by atoms with van der Waals surface area (Å²) in [7, 11) is 0. The van der Waals surface area contributed by atoms with Crippen LogP contribution in [-0.4, -0.2) is 29.5 Å². The second kappa shape index (κ2) is 8.05.